The highest BCUT2D eigenvalue weighted by atomic mass is 16.1. The number of hydrogen-bond donors (Lipinski definition) is 2. The summed E-state index contributed by atoms with van der Waals surface area (Å²) in [5.74, 6) is 1.31. The van der Waals surface area contributed by atoms with Crippen LogP contribution in [0.15, 0.2) is 18.2 Å². The van der Waals surface area contributed by atoms with Crippen molar-refractivity contribution in [3.63, 3.8) is 0 Å². The monoisotopic (exact) mass is 260 g/mol. The van der Waals surface area contributed by atoms with E-state index >= 15 is 0 Å². The fourth-order valence-electron chi connectivity index (χ4n) is 2.80. The topological polar surface area (TPSA) is 55.1 Å². The first-order chi connectivity index (χ1) is 9.06. The van der Waals surface area contributed by atoms with Gasteiger partial charge in [-0.3, -0.25) is 4.79 Å². The van der Waals surface area contributed by atoms with Crippen LogP contribution in [-0.4, -0.2) is 12.5 Å². The lowest BCUT2D eigenvalue weighted by molar-refractivity contribution is 0.1000. The van der Waals surface area contributed by atoms with Crippen LogP contribution >= 0.6 is 0 Å². The van der Waals surface area contributed by atoms with Gasteiger partial charge < -0.3 is 11.1 Å². The summed E-state index contributed by atoms with van der Waals surface area (Å²) in [6.45, 7) is 5.39. The quantitative estimate of drug-likeness (QED) is 0.872. The zero-order chi connectivity index (χ0) is 13.8. The minimum absolute atomic E-state index is 0.365. The predicted octanol–water partition coefficient (Wildman–Crippen LogP) is 3.33. The molecule has 0 unspecified atom stereocenters. The Hall–Kier alpha value is -1.51. The Morgan fingerprint density at radius 2 is 2.00 bits per heavy atom. The Morgan fingerprint density at radius 1 is 1.32 bits per heavy atom. The maximum atomic E-state index is 11.1. The predicted molar refractivity (Wildman–Crippen MR) is 79.3 cm³/mol. The number of aryl methyl sites for hydroxylation is 1. The molecule has 19 heavy (non-hydrogen) atoms. The third-order valence-corrected chi connectivity index (χ3v) is 4.23. The summed E-state index contributed by atoms with van der Waals surface area (Å²) in [6, 6.07) is 5.61. The molecule has 0 bridgehead atoms. The number of carbonyl (C=O) groups excluding carboxylic acids is 1. The molecule has 1 aromatic carbocycles. The minimum atomic E-state index is -0.365. The summed E-state index contributed by atoms with van der Waals surface area (Å²) < 4.78 is 0. The highest BCUT2D eigenvalue weighted by Crippen LogP contribution is 2.28. The van der Waals surface area contributed by atoms with E-state index < -0.39 is 0 Å². The van der Waals surface area contributed by atoms with Gasteiger partial charge in [-0.05, 0) is 55.4 Å². The molecule has 3 nitrogen and oxygen atoms in total. The molecule has 0 atom stereocenters. The maximum Gasteiger partial charge on any atom is 0.248 e. The lowest BCUT2D eigenvalue weighted by atomic mass is 9.83. The average molecular weight is 260 g/mol. The molecule has 1 aliphatic carbocycles. The second-order valence-electron chi connectivity index (χ2n) is 5.90. The summed E-state index contributed by atoms with van der Waals surface area (Å²) in [5, 5.41) is 3.51. The van der Waals surface area contributed by atoms with E-state index in [2.05, 4.69) is 12.2 Å². The lowest BCUT2D eigenvalue weighted by Crippen LogP contribution is -2.20. The van der Waals surface area contributed by atoms with E-state index in [1.807, 2.05) is 19.1 Å². The first-order valence-corrected chi connectivity index (χ1v) is 7.20. The van der Waals surface area contributed by atoms with Crippen molar-refractivity contribution in [2.45, 2.75) is 39.5 Å². The van der Waals surface area contributed by atoms with Crippen molar-refractivity contribution < 1.29 is 4.79 Å². The van der Waals surface area contributed by atoms with Gasteiger partial charge in [0.05, 0.1) is 0 Å². The van der Waals surface area contributed by atoms with Crippen LogP contribution in [-0.2, 0) is 0 Å². The smallest absolute Gasteiger partial charge is 0.248 e. The normalized spacial score (nSPS) is 23.1. The number of hydrogen-bond acceptors (Lipinski definition) is 2. The highest BCUT2D eigenvalue weighted by Gasteiger charge is 2.18. The number of benzene rings is 1. The van der Waals surface area contributed by atoms with E-state index in [0.717, 1.165) is 29.6 Å². The first kappa shape index (κ1) is 13.9. The molecule has 3 heteroatoms. The number of carbonyl (C=O) groups is 1. The van der Waals surface area contributed by atoms with Crippen LogP contribution in [0, 0.1) is 18.8 Å². The number of nitrogens with one attached hydrogen (secondary N) is 1. The molecule has 1 saturated carbocycles. The Balaban J connectivity index is 1.91. The van der Waals surface area contributed by atoms with E-state index in [1.54, 1.807) is 6.07 Å². The van der Waals surface area contributed by atoms with Gasteiger partial charge in [0, 0.05) is 17.8 Å². The molecule has 104 valence electrons. The van der Waals surface area contributed by atoms with Gasteiger partial charge in [0.2, 0.25) is 5.91 Å². The van der Waals surface area contributed by atoms with E-state index in [9.17, 15) is 4.79 Å². The second-order valence-corrected chi connectivity index (χ2v) is 5.90. The van der Waals surface area contributed by atoms with Gasteiger partial charge in [-0.15, -0.1) is 0 Å². The van der Waals surface area contributed by atoms with Crippen molar-refractivity contribution >= 4 is 11.6 Å². The van der Waals surface area contributed by atoms with Crippen molar-refractivity contribution in [3.05, 3.63) is 29.3 Å². The van der Waals surface area contributed by atoms with Crippen LogP contribution in [0.25, 0.3) is 0 Å². The summed E-state index contributed by atoms with van der Waals surface area (Å²) >= 11 is 0. The number of nitrogens with two attached hydrogens (primary N) is 1. The van der Waals surface area contributed by atoms with Gasteiger partial charge in [0.25, 0.3) is 0 Å². The zero-order valence-electron chi connectivity index (χ0n) is 11.9. The molecule has 1 fully saturated rings. The summed E-state index contributed by atoms with van der Waals surface area (Å²) in [4.78, 5) is 11.1. The second kappa shape index (κ2) is 6.09. The van der Waals surface area contributed by atoms with E-state index in [4.69, 9.17) is 5.73 Å². The summed E-state index contributed by atoms with van der Waals surface area (Å²) in [5.41, 5.74) is 8.05. The Labute approximate surface area is 115 Å². The van der Waals surface area contributed by atoms with Crippen molar-refractivity contribution in [3.8, 4) is 0 Å². The van der Waals surface area contributed by atoms with Crippen LogP contribution in [0.2, 0.25) is 0 Å². The minimum Gasteiger partial charge on any atom is -0.385 e. The Bertz CT molecular complexity index is 448. The van der Waals surface area contributed by atoms with Crippen LogP contribution in [0.1, 0.15) is 48.5 Å². The molecule has 0 aliphatic heterocycles. The van der Waals surface area contributed by atoms with E-state index in [-0.39, 0.29) is 5.91 Å². The van der Waals surface area contributed by atoms with Crippen molar-refractivity contribution in [1.29, 1.82) is 0 Å². The number of anilines is 1. The molecule has 3 N–H and O–H groups in total. The molecule has 0 spiro atoms. The standard InChI is InChI=1S/C16H24N2O/c1-11-3-5-13(6-4-11)10-18-15-8-7-14(16(17)19)9-12(15)2/h7-9,11,13,18H,3-6,10H2,1-2H3,(H2,17,19). The van der Waals surface area contributed by atoms with Crippen LogP contribution < -0.4 is 11.1 Å². The van der Waals surface area contributed by atoms with Crippen LogP contribution in [0.3, 0.4) is 0 Å². The molecule has 0 aromatic heterocycles. The fraction of sp³-hybridized carbons (Fsp3) is 0.562. The number of amides is 1. The Morgan fingerprint density at radius 3 is 2.58 bits per heavy atom. The van der Waals surface area contributed by atoms with Crippen molar-refractivity contribution in [2.24, 2.45) is 17.6 Å². The van der Waals surface area contributed by atoms with Crippen molar-refractivity contribution in [1.82, 2.24) is 0 Å². The third kappa shape index (κ3) is 3.72. The summed E-state index contributed by atoms with van der Waals surface area (Å²) in [7, 11) is 0. The molecular formula is C16H24N2O. The zero-order valence-corrected chi connectivity index (χ0v) is 11.9. The third-order valence-electron chi connectivity index (χ3n) is 4.23. The Kier molecular flexibility index (Phi) is 4.46. The fourth-order valence-corrected chi connectivity index (χ4v) is 2.80. The summed E-state index contributed by atoms with van der Waals surface area (Å²) in [6.07, 6.45) is 5.36. The SMILES string of the molecule is Cc1cc(C(N)=O)ccc1NCC1CCC(C)CC1. The molecule has 0 heterocycles. The van der Waals surface area contributed by atoms with Gasteiger partial charge >= 0.3 is 0 Å². The highest BCUT2D eigenvalue weighted by molar-refractivity contribution is 5.93. The number of rotatable bonds is 4. The largest absolute Gasteiger partial charge is 0.385 e. The van der Waals surface area contributed by atoms with Crippen LogP contribution in [0.4, 0.5) is 5.69 Å². The van der Waals surface area contributed by atoms with E-state index in [1.165, 1.54) is 25.7 Å². The van der Waals surface area contributed by atoms with Gasteiger partial charge in [0.1, 0.15) is 0 Å². The molecule has 0 saturated heterocycles. The van der Waals surface area contributed by atoms with Gasteiger partial charge in [0.15, 0.2) is 0 Å². The van der Waals surface area contributed by atoms with Gasteiger partial charge in [-0.25, -0.2) is 0 Å². The van der Waals surface area contributed by atoms with Crippen LogP contribution in [0.5, 0.6) is 0 Å². The molecular weight excluding hydrogens is 236 g/mol. The average Bonchev–Trinajstić information content (AvgIpc) is 2.39. The molecule has 1 aliphatic rings. The molecule has 0 radical (unpaired) electrons. The molecule has 1 amide bonds. The van der Waals surface area contributed by atoms with Crippen molar-refractivity contribution in [2.75, 3.05) is 11.9 Å². The number of primary amides is 1. The lowest BCUT2D eigenvalue weighted by Gasteiger charge is -2.26. The molecule has 2 rings (SSSR count). The maximum absolute atomic E-state index is 11.1. The molecule has 1 aromatic rings. The van der Waals surface area contributed by atoms with E-state index in [0.29, 0.717) is 5.56 Å². The van der Waals surface area contributed by atoms with Gasteiger partial charge in [-0.1, -0.05) is 19.8 Å². The first-order valence-electron chi connectivity index (χ1n) is 7.20. The van der Waals surface area contributed by atoms with Gasteiger partial charge in [-0.2, -0.15) is 0 Å².